The molecule has 366 valence electrons. The van der Waals surface area contributed by atoms with Crippen LogP contribution in [0.4, 0.5) is 5.69 Å². The van der Waals surface area contributed by atoms with E-state index in [4.69, 9.17) is 9.59 Å². The minimum Gasteiger partial charge on any atom is -0.356 e. The first kappa shape index (κ1) is 54.5. The molecule has 3 aliphatic heterocycles. The van der Waals surface area contributed by atoms with E-state index in [1.807, 2.05) is 32.1 Å². The van der Waals surface area contributed by atoms with Gasteiger partial charge in [-0.25, -0.2) is 5.26 Å². The summed E-state index contributed by atoms with van der Waals surface area (Å²) >= 11 is 0.769. The van der Waals surface area contributed by atoms with Gasteiger partial charge in [0.2, 0.25) is 11.6 Å². The number of rotatable bonds is 29. The maximum absolute atomic E-state index is 12.6. The fourth-order valence-electron chi connectivity index (χ4n) is 8.27. The molecule has 0 fully saturated rings. The molecule has 1 aromatic rings. The van der Waals surface area contributed by atoms with Crippen LogP contribution in [0.2, 0.25) is 0 Å². The van der Waals surface area contributed by atoms with Crippen molar-refractivity contribution < 1.29 is 72.5 Å². The van der Waals surface area contributed by atoms with Crippen molar-refractivity contribution in [1.29, 1.82) is 0 Å². The number of hydrazone groups is 1. The first-order valence-corrected chi connectivity index (χ1v) is 27.0. The highest BCUT2D eigenvalue weighted by Crippen LogP contribution is 2.45. The third-order valence-corrected chi connectivity index (χ3v) is 14.7. The van der Waals surface area contributed by atoms with Crippen molar-refractivity contribution in [2.75, 3.05) is 43.4 Å². The largest absolute Gasteiger partial charge is 0.356 e. The highest BCUT2D eigenvalue weighted by molar-refractivity contribution is 7.94. The van der Waals surface area contributed by atoms with Crippen LogP contribution in [0.1, 0.15) is 97.0 Å². The Kier molecular flexibility index (Phi) is 20.0. The molecule has 0 aliphatic carbocycles. The summed E-state index contributed by atoms with van der Waals surface area (Å²) in [5.74, 6) is -2.21. The van der Waals surface area contributed by atoms with Crippen LogP contribution < -0.4 is 5.32 Å². The number of nitrogens with zero attached hydrogens (tertiary/aromatic N) is 4. The van der Waals surface area contributed by atoms with Crippen molar-refractivity contribution in [2.45, 2.75) is 102 Å². The molecule has 66 heavy (non-hydrogen) atoms. The summed E-state index contributed by atoms with van der Waals surface area (Å²) in [6, 6.07) is 5.50. The Morgan fingerprint density at radius 3 is 2.09 bits per heavy atom. The molecule has 4 rings (SSSR count). The lowest BCUT2D eigenvalue weighted by molar-refractivity contribution is -0.438. The topological polar surface area (TPSA) is 287 Å². The third kappa shape index (κ3) is 16.3. The SMILES string of the molecule is CC1=NN(CCCS(=O)(=O)O)\C(=C/C=C/C=C/C2=[N+](CCCCCC(=O)NCCCCN3C(=O)C=CC3=O)c3ccc(SOOO)cc3C2(C)CCCS(=O)(=O)O)C1(C)CCCS(=O)(=O)O. The third-order valence-electron chi connectivity index (χ3n) is 11.8. The molecule has 3 amide bonds. The van der Waals surface area contributed by atoms with E-state index in [-0.39, 0.29) is 50.1 Å². The van der Waals surface area contributed by atoms with Crippen LogP contribution >= 0.6 is 12.0 Å². The Labute approximate surface area is 390 Å². The number of allylic oxidation sites excluding steroid dienone is 6. The number of hydrogen-bond acceptors (Lipinski definition) is 15. The zero-order valence-corrected chi connectivity index (χ0v) is 40.5. The summed E-state index contributed by atoms with van der Waals surface area (Å²) < 4.78 is 105. The number of imide groups is 1. The predicted molar refractivity (Wildman–Crippen MR) is 247 cm³/mol. The van der Waals surface area contributed by atoms with Crippen molar-refractivity contribution in [3.05, 3.63) is 72.0 Å². The van der Waals surface area contributed by atoms with Crippen molar-refractivity contribution in [3.8, 4) is 0 Å². The normalized spacial score (nSPS) is 20.8. The molecule has 0 radical (unpaired) electrons. The quantitative estimate of drug-likeness (QED) is 0.0101. The summed E-state index contributed by atoms with van der Waals surface area (Å²) in [5, 5.41) is 21.8. The number of nitrogens with one attached hydrogen (secondary N) is 1. The van der Waals surface area contributed by atoms with Crippen LogP contribution in [0.25, 0.3) is 0 Å². The standard InChI is InChI=1S/C42H59N5O15S4/c1-32-41(2,22-12-28-64(52,53)54)37(47(44-32)27-14-30-66(58,59)60)16-7-4-6-15-36-42(3,23-13-29-65(55,56)57)34-31-33(63-62-61-51)18-19-35(34)45(36)25-10-5-8-17-38(48)43-24-9-11-26-46-39(49)20-21-40(46)50/h4,6-7,15-16,18-21,31H,5,8-14,17,22-30H2,1-3H3,(H4-,43,48,51,52,53,54,55,56,57,58,59,60)/p+1. The van der Waals surface area contributed by atoms with Crippen molar-refractivity contribution in [2.24, 2.45) is 10.5 Å². The van der Waals surface area contributed by atoms with Gasteiger partial charge in [0, 0.05) is 84.1 Å². The molecule has 24 heteroatoms. The van der Waals surface area contributed by atoms with Gasteiger partial charge in [-0.3, -0.25) is 38.0 Å². The Balaban J connectivity index is 1.56. The molecule has 0 saturated carbocycles. The average molecular weight is 1000 g/mol. The first-order valence-electron chi connectivity index (χ1n) is 21.5. The molecular formula is C42H60N5O15S4+. The van der Waals surface area contributed by atoms with Gasteiger partial charge in [-0.15, -0.1) is 4.33 Å². The molecule has 3 heterocycles. The number of benzene rings is 1. The molecule has 1 aromatic carbocycles. The molecule has 2 atom stereocenters. The van der Waals surface area contributed by atoms with Crippen LogP contribution in [-0.4, -0.2) is 131 Å². The Bertz CT molecular complexity index is 2450. The number of amides is 3. The Morgan fingerprint density at radius 1 is 0.818 bits per heavy atom. The zero-order chi connectivity index (χ0) is 48.8. The molecule has 5 N–H and O–H groups in total. The highest BCUT2D eigenvalue weighted by Gasteiger charge is 2.47. The molecule has 0 bridgehead atoms. The lowest BCUT2D eigenvalue weighted by Gasteiger charge is -2.29. The number of carbonyl (C=O) groups excluding carboxylic acids is 3. The first-order chi connectivity index (χ1) is 31.0. The number of fused-ring (bicyclic) bond motifs is 1. The summed E-state index contributed by atoms with van der Waals surface area (Å²) in [7, 11) is -12.7. The maximum Gasteiger partial charge on any atom is 0.264 e. The number of carbonyl (C=O) groups is 3. The maximum atomic E-state index is 12.6. The summed E-state index contributed by atoms with van der Waals surface area (Å²) in [6.45, 7) is 6.95. The minimum atomic E-state index is -4.28. The van der Waals surface area contributed by atoms with Gasteiger partial charge in [0.1, 0.15) is 6.54 Å². The molecule has 0 aromatic heterocycles. The monoisotopic (exact) mass is 1000 g/mol. The van der Waals surface area contributed by atoms with Crippen LogP contribution in [0.15, 0.2) is 76.4 Å². The van der Waals surface area contributed by atoms with E-state index in [0.29, 0.717) is 80.8 Å². The van der Waals surface area contributed by atoms with Gasteiger partial charge in [0.25, 0.3) is 42.2 Å². The predicted octanol–water partition coefficient (Wildman–Crippen LogP) is 5.16. The molecule has 3 aliphatic rings. The zero-order valence-electron chi connectivity index (χ0n) is 37.2. The van der Waals surface area contributed by atoms with Crippen LogP contribution in [0.5, 0.6) is 0 Å². The summed E-state index contributed by atoms with van der Waals surface area (Å²) in [4.78, 5) is 37.8. The van der Waals surface area contributed by atoms with E-state index < -0.39 is 58.4 Å². The van der Waals surface area contributed by atoms with Gasteiger partial charge in [0.05, 0.1) is 34.7 Å². The molecule has 0 spiro atoms. The molecule has 2 unspecified atom stereocenters. The van der Waals surface area contributed by atoms with E-state index in [1.165, 1.54) is 12.2 Å². The van der Waals surface area contributed by atoms with Crippen molar-refractivity contribution >= 4 is 77.2 Å². The van der Waals surface area contributed by atoms with Crippen molar-refractivity contribution in [1.82, 2.24) is 15.2 Å². The van der Waals surface area contributed by atoms with Gasteiger partial charge in [0.15, 0.2) is 5.71 Å². The van der Waals surface area contributed by atoms with Crippen LogP contribution in [0, 0.1) is 5.41 Å². The fourth-order valence-corrected chi connectivity index (χ4v) is 10.2. The second-order valence-electron chi connectivity index (χ2n) is 16.7. The summed E-state index contributed by atoms with van der Waals surface area (Å²) in [5.41, 5.74) is 2.16. The lowest BCUT2D eigenvalue weighted by Crippen LogP contribution is -2.32. The second kappa shape index (κ2) is 24.3. The van der Waals surface area contributed by atoms with Crippen molar-refractivity contribution in [3.63, 3.8) is 0 Å². The van der Waals surface area contributed by atoms with E-state index in [0.717, 1.165) is 33.9 Å². The number of hydrogen-bond donors (Lipinski definition) is 5. The van der Waals surface area contributed by atoms with Gasteiger partial charge >= 0.3 is 0 Å². The number of unbranched alkanes of at least 4 members (excludes halogenated alkanes) is 3. The van der Waals surface area contributed by atoms with Gasteiger partial charge in [-0.05, 0) is 96.8 Å². The average Bonchev–Trinajstić information content (AvgIpc) is 3.75. The van der Waals surface area contributed by atoms with Gasteiger partial charge < -0.3 is 5.32 Å². The van der Waals surface area contributed by atoms with E-state index in [1.54, 1.807) is 42.3 Å². The van der Waals surface area contributed by atoms with Gasteiger partial charge in [-0.1, -0.05) is 23.3 Å². The molecular weight excluding hydrogens is 943 g/mol. The van der Waals surface area contributed by atoms with Gasteiger partial charge in [-0.2, -0.15) is 34.9 Å². The lowest BCUT2D eigenvalue weighted by atomic mass is 9.76. The molecule has 0 saturated heterocycles. The Hall–Kier alpha value is -4.11. The Morgan fingerprint density at radius 2 is 1.45 bits per heavy atom. The minimum absolute atomic E-state index is 0.0578. The van der Waals surface area contributed by atoms with E-state index >= 15 is 0 Å². The highest BCUT2D eigenvalue weighted by atomic mass is 32.2. The summed E-state index contributed by atoms with van der Waals surface area (Å²) in [6.07, 6.45) is 15.8. The fraction of sp³-hybridized carbons (Fsp3) is 0.548. The molecule has 20 nitrogen and oxygen atoms in total. The second-order valence-corrected chi connectivity index (χ2v) is 22.1. The van der Waals surface area contributed by atoms with E-state index in [9.17, 15) is 53.3 Å². The van der Waals surface area contributed by atoms with Crippen LogP contribution in [0.3, 0.4) is 0 Å². The van der Waals surface area contributed by atoms with Crippen LogP contribution in [-0.2, 0) is 59.5 Å². The smallest absolute Gasteiger partial charge is 0.264 e. The van der Waals surface area contributed by atoms with E-state index in [2.05, 4.69) is 20.0 Å².